The van der Waals surface area contributed by atoms with Gasteiger partial charge in [-0.2, -0.15) is 8.42 Å². The Morgan fingerprint density at radius 3 is 2.30 bits per heavy atom. The van der Waals surface area contributed by atoms with Crippen molar-refractivity contribution in [2.24, 2.45) is 0 Å². The van der Waals surface area contributed by atoms with E-state index in [2.05, 4.69) is 15.9 Å². The summed E-state index contributed by atoms with van der Waals surface area (Å²) in [6, 6.07) is 11.3. The first-order chi connectivity index (χ1) is 9.44. The first-order valence-electron chi connectivity index (χ1n) is 5.77. The molecule has 0 fully saturated rings. The summed E-state index contributed by atoms with van der Waals surface area (Å²) in [5.41, 5.74) is 0.815. The molecular formula is C14H13BrO4S. The molecule has 0 bridgehead atoms. The molecule has 0 amide bonds. The Kier molecular flexibility index (Phi) is 4.35. The van der Waals surface area contributed by atoms with Crippen molar-refractivity contribution >= 4 is 26.0 Å². The fraction of sp³-hybridized carbons (Fsp3) is 0.143. The van der Waals surface area contributed by atoms with Crippen LogP contribution in [0.5, 0.6) is 11.5 Å². The van der Waals surface area contributed by atoms with Crippen LogP contribution in [-0.4, -0.2) is 15.5 Å². The van der Waals surface area contributed by atoms with Crippen molar-refractivity contribution < 1.29 is 17.3 Å². The summed E-state index contributed by atoms with van der Waals surface area (Å²) < 4.78 is 35.5. The van der Waals surface area contributed by atoms with E-state index in [9.17, 15) is 8.42 Å². The van der Waals surface area contributed by atoms with Gasteiger partial charge in [0.2, 0.25) is 0 Å². The third kappa shape index (κ3) is 3.13. The van der Waals surface area contributed by atoms with Gasteiger partial charge < -0.3 is 8.92 Å². The van der Waals surface area contributed by atoms with Crippen LogP contribution >= 0.6 is 15.9 Å². The zero-order chi connectivity index (χ0) is 14.8. The van der Waals surface area contributed by atoms with Crippen LogP contribution in [0.2, 0.25) is 0 Å². The molecule has 0 radical (unpaired) electrons. The molecule has 0 unspecified atom stereocenters. The second kappa shape index (κ2) is 5.85. The fourth-order valence-corrected chi connectivity index (χ4v) is 2.90. The summed E-state index contributed by atoms with van der Waals surface area (Å²) in [5.74, 6) is 0.528. The van der Waals surface area contributed by atoms with Crippen LogP contribution in [0.25, 0.3) is 0 Å². The van der Waals surface area contributed by atoms with Gasteiger partial charge in [0.1, 0.15) is 4.90 Å². The molecule has 106 valence electrons. The van der Waals surface area contributed by atoms with Gasteiger partial charge in [0, 0.05) is 4.47 Å². The molecule has 4 nitrogen and oxygen atoms in total. The number of rotatable bonds is 4. The Hall–Kier alpha value is -1.53. The number of para-hydroxylation sites is 2. The average Bonchev–Trinajstić information content (AvgIpc) is 2.42. The molecule has 0 aliphatic rings. The molecule has 0 N–H and O–H groups in total. The molecule has 2 aromatic rings. The molecule has 2 rings (SSSR count). The maximum absolute atomic E-state index is 12.2. The fourth-order valence-electron chi connectivity index (χ4n) is 1.63. The lowest BCUT2D eigenvalue weighted by atomic mass is 10.2. The van der Waals surface area contributed by atoms with Crippen LogP contribution in [0, 0.1) is 6.92 Å². The maximum atomic E-state index is 12.2. The van der Waals surface area contributed by atoms with Crippen molar-refractivity contribution in [2.75, 3.05) is 7.11 Å². The quantitative estimate of drug-likeness (QED) is 0.786. The van der Waals surface area contributed by atoms with E-state index in [0.717, 1.165) is 10.0 Å². The van der Waals surface area contributed by atoms with Gasteiger partial charge in [0.25, 0.3) is 0 Å². The van der Waals surface area contributed by atoms with Crippen molar-refractivity contribution in [3.63, 3.8) is 0 Å². The lowest BCUT2D eigenvalue weighted by Gasteiger charge is -2.11. The van der Waals surface area contributed by atoms with Crippen LogP contribution in [0.4, 0.5) is 0 Å². The van der Waals surface area contributed by atoms with E-state index in [1.807, 2.05) is 6.92 Å². The topological polar surface area (TPSA) is 52.6 Å². The van der Waals surface area contributed by atoms with E-state index < -0.39 is 10.1 Å². The molecule has 2 aromatic carbocycles. The van der Waals surface area contributed by atoms with Crippen LogP contribution in [0.15, 0.2) is 51.8 Å². The van der Waals surface area contributed by atoms with Crippen molar-refractivity contribution in [3.8, 4) is 11.5 Å². The number of ether oxygens (including phenoxy) is 1. The summed E-state index contributed by atoms with van der Waals surface area (Å²) in [5, 5.41) is 0. The maximum Gasteiger partial charge on any atom is 0.339 e. The Bertz CT molecular complexity index is 726. The van der Waals surface area contributed by atoms with Crippen LogP contribution in [-0.2, 0) is 10.1 Å². The minimum absolute atomic E-state index is 0.101. The second-order valence-corrected chi connectivity index (χ2v) is 6.50. The van der Waals surface area contributed by atoms with Gasteiger partial charge in [-0.25, -0.2) is 0 Å². The average molecular weight is 357 g/mol. The Morgan fingerprint density at radius 1 is 1.05 bits per heavy atom. The van der Waals surface area contributed by atoms with E-state index in [1.165, 1.54) is 13.2 Å². The van der Waals surface area contributed by atoms with Gasteiger partial charge in [-0.15, -0.1) is 0 Å². The first-order valence-corrected chi connectivity index (χ1v) is 7.98. The van der Waals surface area contributed by atoms with Crippen molar-refractivity contribution in [2.45, 2.75) is 11.8 Å². The van der Waals surface area contributed by atoms with Crippen molar-refractivity contribution in [1.29, 1.82) is 0 Å². The lowest BCUT2D eigenvalue weighted by molar-refractivity contribution is 0.390. The summed E-state index contributed by atoms with van der Waals surface area (Å²) in [7, 11) is -2.43. The molecular weight excluding hydrogens is 344 g/mol. The van der Waals surface area contributed by atoms with Gasteiger partial charge in [-0.3, -0.25) is 0 Å². The monoisotopic (exact) mass is 356 g/mol. The van der Waals surface area contributed by atoms with Crippen molar-refractivity contribution in [1.82, 2.24) is 0 Å². The third-order valence-corrected chi connectivity index (χ3v) is 4.81. The van der Waals surface area contributed by atoms with Gasteiger partial charge in [0.05, 0.1) is 7.11 Å². The van der Waals surface area contributed by atoms with Gasteiger partial charge in [-0.1, -0.05) is 28.1 Å². The highest BCUT2D eigenvalue weighted by Crippen LogP contribution is 2.29. The third-order valence-electron chi connectivity index (χ3n) is 2.69. The Labute approximate surface area is 126 Å². The van der Waals surface area contributed by atoms with E-state index in [4.69, 9.17) is 8.92 Å². The number of hydrogen-bond acceptors (Lipinski definition) is 4. The second-order valence-electron chi connectivity index (χ2n) is 4.10. The van der Waals surface area contributed by atoms with Crippen molar-refractivity contribution in [3.05, 3.63) is 52.5 Å². The summed E-state index contributed by atoms with van der Waals surface area (Å²) in [6.07, 6.45) is 0. The first kappa shape index (κ1) is 14.9. The Balaban J connectivity index is 2.38. The zero-order valence-corrected chi connectivity index (χ0v) is 13.4. The van der Waals surface area contributed by atoms with E-state index >= 15 is 0 Å². The number of methoxy groups -OCH3 is 1. The molecule has 0 aliphatic carbocycles. The number of halogens is 1. The molecule has 6 heteroatoms. The highest BCUT2D eigenvalue weighted by atomic mass is 79.9. The van der Waals surface area contributed by atoms with Crippen LogP contribution in [0.1, 0.15) is 5.56 Å². The number of aryl methyl sites for hydroxylation is 1. The van der Waals surface area contributed by atoms with Gasteiger partial charge in [0.15, 0.2) is 11.5 Å². The van der Waals surface area contributed by atoms with Crippen LogP contribution in [0.3, 0.4) is 0 Å². The molecule has 0 saturated heterocycles. The van der Waals surface area contributed by atoms with Gasteiger partial charge in [-0.05, 0) is 42.8 Å². The van der Waals surface area contributed by atoms with E-state index in [1.54, 1.807) is 36.4 Å². The minimum Gasteiger partial charge on any atom is -0.493 e. The zero-order valence-electron chi connectivity index (χ0n) is 11.0. The number of hydrogen-bond donors (Lipinski definition) is 0. The summed E-state index contributed by atoms with van der Waals surface area (Å²) >= 11 is 3.33. The number of benzene rings is 2. The molecule has 0 saturated carbocycles. The highest BCUT2D eigenvalue weighted by molar-refractivity contribution is 9.10. The van der Waals surface area contributed by atoms with Gasteiger partial charge >= 0.3 is 10.1 Å². The summed E-state index contributed by atoms with van der Waals surface area (Å²) in [4.78, 5) is 0.101. The predicted octanol–water partition coefficient (Wildman–Crippen LogP) is 3.53. The molecule has 20 heavy (non-hydrogen) atoms. The Morgan fingerprint density at radius 2 is 1.70 bits per heavy atom. The highest BCUT2D eigenvalue weighted by Gasteiger charge is 2.19. The smallest absolute Gasteiger partial charge is 0.339 e. The standard InChI is InChI=1S/C14H13BrO4S/c1-10-9-11(7-8-12(10)15)20(16,17)19-14-6-4-3-5-13(14)18-2/h3-9H,1-2H3. The SMILES string of the molecule is COc1ccccc1OS(=O)(=O)c1ccc(Br)c(C)c1. The minimum atomic E-state index is -3.89. The normalized spacial score (nSPS) is 11.2. The molecule has 0 spiro atoms. The molecule has 0 aliphatic heterocycles. The molecule has 0 heterocycles. The predicted molar refractivity (Wildman–Crippen MR) is 79.7 cm³/mol. The van der Waals surface area contributed by atoms with Crippen LogP contribution < -0.4 is 8.92 Å². The lowest BCUT2D eigenvalue weighted by Crippen LogP contribution is -2.10. The van der Waals surface area contributed by atoms with E-state index in [0.29, 0.717) is 5.75 Å². The largest absolute Gasteiger partial charge is 0.493 e. The van der Waals surface area contributed by atoms with E-state index in [-0.39, 0.29) is 10.6 Å². The molecule has 0 aromatic heterocycles. The summed E-state index contributed by atoms with van der Waals surface area (Å²) in [6.45, 7) is 1.81. The molecule has 0 atom stereocenters.